The van der Waals surface area contributed by atoms with Gasteiger partial charge in [0.05, 0.1) is 0 Å². The molecule has 2 aromatic rings. The largest absolute Gasteiger partial charge is 0.372 e. The number of halogens is 2. The highest BCUT2D eigenvalue weighted by Gasteiger charge is 2.33. The summed E-state index contributed by atoms with van der Waals surface area (Å²) >= 11 is 13.7. The van der Waals surface area contributed by atoms with E-state index in [1.54, 1.807) is 0 Å². The van der Waals surface area contributed by atoms with Crippen LogP contribution >= 0.6 is 22.2 Å². The van der Waals surface area contributed by atoms with E-state index in [4.69, 9.17) is 22.2 Å². The molecule has 136 valence electrons. The van der Waals surface area contributed by atoms with Crippen molar-refractivity contribution in [3.05, 3.63) is 48.5 Å². The fourth-order valence-corrected chi connectivity index (χ4v) is 6.12. The predicted octanol–water partition coefficient (Wildman–Crippen LogP) is 4.41. The molecule has 0 spiro atoms. The van der Waals surface area contributed by atoms with Gasteiger partial charge in [-0.3, -0.25) is 0 Å². The zero-order chi connectivity index (χ0) is 18.4. The summed E-state index contributed by atoms with van der Waals surface area (Å²) in [6.45, 7) is 9.92. The second-order valence-electron chi connectivity index (χ2n) is 6.01. The molecule has 0 heterocycles. The average molecular weight is 395 g/mol. The molecular formula is C20H28Cl2N2Si. The predicted molar refractivity (Wildman–Crippen MR) is 117 cm³/mol. The van der Waals surface area contributed by atoms with Crippen LogP contribution in [-0.2, 0) is 0 Å². The molecular weight excluding hydrogens is 367 g/mol. The molecule has 0 saturated heterocycles. The molecule has 0 bridgehead atoms. The Balaban J connectivity index is 2.25. The first-order valence-corrected chi connectivity index (χ1v) is 13.1. The van der Waals surface area contributed by atoms with Crippen LogP contribution in [0.25, 0.3) is 0 Å². The normalized spacial score (nSPS) is 11.4. The van der Waals surface area contributed by atoms with Crippen molar-refractivity contribution in [2.45, 2.75) is 27.7 Å². The summed E-state index contributed by atoms with van der Waals surface area (Å²) in [5, 5.41) is 2.06. The van der Waals surface area contributed by atoms with E-state index >= 15 is 0 Å². The first kappa shape index (κ1) is 20.2. The van der Waals surface area contributed by atoms with Crippen molar-refractivity contribution >= 4 is 50.6 Å². The van der Waals surface area contributed by atoms with Gasteiger partial charge in [-0.25, -0.2) is 0 Å². The SMILES string of the molecule is CCN(CC)c1ccc([Si](Cl)(Cl)c2ccc(N(CC)CC)cc2)cc1. The molecule has 0 atom stereocenters. The zero-order valence-corrected chi connectivity index (χ0v) is 18.1. The lowest BCUT2D eigenvalue weighted by atomic mass is 10.3. The van der Waals surface area contributed by atoms with Gasteiger partial charge in [0.15, 0.2) is 0 Å². The summed E-state index contributed by atoms with van der Waals surface area (Å²) in [5.41, 5.74) is 2.42. The summed E-state index contributed by atoms with van der Waals surface area (Å²) in [4.78, 5) is 4.63. The van der Waals surface area contributed by atoms with Crippen LogP contribution in [0.5, 0.6) is 0 Å². The van der Waals surface area contributed by atoms with Gasteiger partial charge in [0, 0.05) is 37.6 Å². The summed E-state index contributed by atoms with van der Waals surface area (Å²) in [5.74, 6) is 0. The first-order chi connectivity index (χ1) is 12.0. The molecule has 0 aliphatic carbocycles. The number of anilines is 2. The lowest BCUT2D eigenvalue weighted by Gasteiger charge is -2.24. The third-order valence-corrected chi connectivity index (χ3v) is 9.45. The highest BCUT2D eigenvalue weighted by Crippen LogP contribution is 2.20. The molecule has 0 radical (unpaired) electrons. The second-order valence-corrected chi connectivity index (χ2v) is 12.3. The Morgan fingerprint density at radius 2 is 0.880 bits per heavy atom. The Morgan fingerprint density at radius 3 is 1.12 bits per heavy atom. The third-order valence-electron chi connectivity index (χ3n) is 4.72. The second kappa shape index (κ2) is 8.97. The average Bonchev–Trinajstić information content (AvgIpc) is 2.65. The summed E-state index contributed by atoms with van der Waals surface area (Å²) in [6, 6.07) is 16.8. The van der Waals surface area contributed by atoms with Gasteiger partial charge in [0.1, 0.15) is 0 Å². The third kappa shape index (κ3) is 4.52. The number of rotatable bonds is 8. The number of nitrogens with zero attached hydrogens (tertiary/aromatic N) is 2. The molecule has 5 heteroatoms. The maximum absolute atomic E-state index is 6.86. The Morgan fingerprint density at radius 1 is 0.600 bits per heavy atom. The van der Waals surface area contributed by atoms with E-state index < -0.39 is 6.69 Å². The van der Waals surface area contributed by atoms with Crippen LogP contribution in [0.3, 0.4) is 0 Å². The van der Waals surface area contributed by atoms with Crippen LogP contribution in [0.15, 0.2) is 48.5 Å². The molecule has 0 unspecified atom stereocenters. The molecule has 0 aromatic heterocycles. The molecule has 0 fully saturated rings. The minimum absolute atomic E-state index is 0.993. The zero-order valence-electron chi connectivity index (χ0n) is 15.6. The van der Waals surface area contributed by atoms with Crippen molar-refractivity contribution in [3.63, 3.8) is 0 Å². The monoisotopic (exact) mass is 394 g/mol. The van der Waals surface area contributed by atoms with Gasteiger partial charge in [0.2, 0.25) is 0 Å². The van der Waals surface area contributed by atoms with Crippen LogP contribution in [0.1, 0.15) is 27.7 Å². The van der Waals surface area contributed by atoms with E-state index in [1.165, 1.54) is 11.4 Å². The minimum Gasteiger partial charge on any atom is -0.372 e. The Hall–Kier alpha value is -1.16. The van der Waals surface area contributed by atoms with Gasteiger partial charge >= 0.3 is 6.69 Å². The molecule has 2 aromatic carbocycles. The molecule has 25 heavy (non-hydrogen) atoms. The maximum Gasteiger partial charge on any atom is 0.310 e. The van der Waals surface area contributed by atoms with Crippen molar-refractivity contribution in [2.75, 3.05) is 36.0 Å². The standard InChI is InChI=1S/C20H28Cl2N2Si/c1-5-23(6-2)17-9-13-19(14-10-17)25(21,22)20-15-11-18(12-16-20)24(7-3)8-4/h9-16H,5-8H2,1-4H3. The van der Waals surface area contributed by atoms with Crippen LogP contribution in [0, 0.1) is 0 Å². The first-order valence-electron chi connectivity index (χ1n) is 9.06. The van der Waals surface area contributed by atoms with Crippen molar-refractivity contribution in [1.29, 1.82) is 0 Å². The summed E-state index contributed by atoms with van der Waals surface area (Å²) in [7, 11) is 0. The van der Waals surface area contributed by atoms with Crippen LogP contribution in [0.4, 0.5) is 11.4 Å². The fourth-order valence-electron chi connectivity index (χ4n) is 3.11. The Labute approximate surface area is 162 Å². The molecule has 0 N–H and O–H groups in total. The molecule has 0 aliphatic rings. The van der Waals surface area contributed by atoms with Crippen molar-refractivity contribution in [2.24, 2.45) is 0 Å². The molecule has 0 aliphatic heterocycles. The lowest BCUT2D eigenvalue weighted by Crippen LogP contribution is -2.48. The molecule has 2 rings (SSSR count). The number of benzene rings is 2. The quantitative estimate of drug-likeness (QED) is 0.483. The lowest BCUT2D eigenvalue weighted by molar-refractivity contribution is 0.866. The highest BCUT2D eigenvalue weighted by molar-refractivity contribution is 7.56. The topological polar surface area (TPSA) is 6.48 Å². The van der Waals surface area contributed by atoms with Gasteiger partial charge < -0.3 is 9.80 Å². The summed E-state index contributed by atoms with van der Waals surface area (Å²) in [6.07, 6.45) is 0. The molecule has 0 saturated carbocycles. The van der Waals surface area contributed by atoms with Crippen LogP contribution in [-0.4, -0.2) is 32.9 Å². The minimum atomic E-state index is -2.70. The molecule has 2 nitrogen and oxygen atoms in total. The van der Waals surface area contributed by atoms with Crippen LogP contribution < -0.4 is 20.2 Å². The van der Waals surface area contributed by atoms with E-state index in [1.807, 2.05) is 0 Å². The van der Waals surface area contributed by atoms with Crippen molar-refractivity contribution in [1.82, 2.24) is 0 Å². The van der Waals surface area contributed by atoms with Gasteiger partial charge in [-0.1, -0.05) is 24.3 Å². The van der Waals surface area contributed by atoms with Gasteiger partial charge in [-0.15, -0.1) is 22.2 Å². The van der Waals surface area contributed by atoms with Crippen molar-refractivity contribution < 1.29 is 0 Å². The highest BCUT2D eigenvalue weighted by atomic mass is 35.7. The van der Waals surface area contributed by atoms with E-state index in [2.05, 4.69) is 86.0 Å². The van der Waals surface area contributed by atoms with E-state index in [0.717, 1.165) is 36.6 Å². The van der Waals surface area contributed by atoms with E-state index in [9.17, 15) is 0 Å². The van der Waals surface area contributed by atoms with Crippen LogP contribution in [0.2, 0.25) is 0 Å². The number of hydrogen-bond acceptors (Lipinski definition) is 2. The smallest absolute Gasteiger partial charge is 0.310 e. The Kier molecular flexibility index (Phi) is 7.23. The van der Waals surface area contributed by atoms with Gasteiger partial charge in [-0.2, -0.15) is 0 Å². The number of hydrogen-bond donors (Lipinski definition) is 0. The van der Waals surface area contributed by atoms with Crippen molar-refractivity contribution in [3.8, 4) is 0 Å². The van der Waals surface area contributed by atoms with E-state index in [-0.39, 0.29) is 0 Å². The Bertz CT molecular complexity index is 591. The van der Waals surface area contributed by atoms with E-state index in [0.29, 0.717) is 0 Å². The fraction of sp³-hybridized carbons (Fsp3) is 0.400. The van der Waals surface area contributed by atoms with Gasteiger partial charge in [0.25, 0.3) is 0 Å². The van der Waals surface area contributed by atoms with Gasteiger partial charge in [-0.05, 0) is 62.3 Å². The summed E-state index contributed by atoms with van der Waals surface area (Å²) < 4.78 is 0. The molecule has 0 amide bonds. The maximum atomic E-state index is 6.86.